The number of benzene rings is 1. The highest BCUT2D eigenvalue weighted by Crippen LogP contribution is 2.22. The van der Waals surface area contributed by atoms with Gasteiger partial charge in [0.15, 0.2) is 0 Å². The molecule has 1 aromatic carbocycles. The van der Waals surface area contributed by atoms with E-state index in [0.29, 0.717) is 50.0 Å². The summed E-state index contributed by atoms with van der Waals surface area (Å²) in [6.45, 7) is 6.54. The molecule has 0 N–H and O–H groups in total. The van der Waals surface area contributed by atoms with Gasteiger partial charge in [0.05, 0.1) is 16.3 Å². The number of carbonyl (C=O) groups is 1. The van der Waals surface area contributed by atoms with Gasteiger partial charge in [0.2, 0.25) is 21.7 Å². The van der Waals surface area contributed by atoms with E-state index in [4.69, 9.17) is 4.52 Å². The Balaban J connectivity index is 1.37. The lowest BCUT2D eigenvalue weighted by molar-refractivity contribution is 0.0615. The summed E-state index contributed by atoms with van der Waals surface area (Å²) < 4.78 is 32.3. The van der Waals surface area contributed by atoms with Crippen LogP contribution in [0.3, 0.4) is 0 Å². The number of sulfonamides is 1. The number of nitrogens with zero attached hydrogens (tertiary/aromatic N) is 5. The Morgan fingerprint density at radius 1 is 1.18 bits per heavy atom. The molecule has 9 nitrogen and oxygen atoms in total. The number of rotatable bonds is 7. The zero-order valence-electron chi connectivity index (χ0n) is 18.8. The van der Waals surface area contributed by atoms with Gasteiger partial charge in [-0.2, -0.15) is 9.29 Å². The average molecular weight is 490 g/mol. The Kier molecular flexibility index (Phi) is 6.94. The van der Waals surface area contributed by atoms with Crippen LogP contribution in [0, 0.1) is 0 Å². The summed E-state index contributed by atoms with van der Waals surface area (Å²) in [6, 6.07) is 9.98. The molecule has 0 bridgehead atoms. The van der Waals surface area contributed by atoms with Crippen molar-refractivity contribution in [2.24, 2.45) is 0 Å². The summed E-state index contributed by atoms with van der Waals surface area (Å²) in [4.78, 5) is 22.5. The summed E-state index contributed by atoms with van der Waals surface area (Å²) in [7, 11) is -2.11. The third-order valence-electron chi connectivity index (χ3n) is 5.71. The number of hydrogen-bond acceptors (Lipinski definition) is 8. The number of piperazine rings is 1. The van der Waals surface area contributed by atoms with Crippen LogP contribution >= 0.6 is 11.3 Å². The van der Waals surface area contributed by atoms with Crippen molar-refractivity contribution >= 4 is 27.3 Å². The summed E-state index contributed by atoms with van der Waals surface area (Å²) in [5, 5.41) is 6.01. The third-order valence-corrected chi connectivity index (χ3v) is 8.61. The van der Waals surface area contributed by atoms with Gasteiger partial charge in [0.1, 0.15) is 0 Å². The van der Waals surface area contributed by atoms with Crippen molar-refractivity contribution in [1.29, 1.82) is 0 Å². The van der Waals surface area contributed by atoms with Crippen LogP contribution in [-0.4, -0.2) is 77.8 Å². The molecule has 1 amide bonds. The number of aromatic nitrogens is 2. The number of thiophene rings is 1. The highest BCUT2D eigenvalue weighted by atomic mass is 32.2. The Morgan fingerprint density at radius 3 is 2.61 bits per heavy atom. The van der Waals surface area contributed by atoms with Crippen LogP contribution in [0.5, 0.6) is 0 Å². The lowest BCUT2D eigenvalue weighted by Gasteiger charge is -2.34. The fraction of sp³-hybridized carbons (Fsp3) is 0.409. The summed E-state index contributed by atoms with van der Waals surface area (Å²) in [6.07, 6.45) is 0. The van der Waals surface area contributed by atoms with Gasteiger partial charge in [0, 0.05) is 44.8 Å². The molecule has 1 fully saturated rings. The van der Waals surface area contributed by atoms with Crippen molar-refractivity contribution in [3.63, 3.8) is 0 Å². The van der Waals surface area contributed by atoms with E-state index >= 15 is 0 Å². The lowest BCUT2D eigenvalue weighted by atomic mass is 10.2. The molecule has 2 aromatic heterocycles. The maximum atomic E-state index is 13.0. The Hall–Kier alpha value is -2.60. The van der Waals surface area contributed by atoms with Gasteiger partial charge in [-0.05, 0) is 43.5 Å². The first kappa shape index (κ1) is 23.6. The maximum Gasteiger partial charge on any atom is 0.253 e. The van der Waals surface area contributed by atoms with Crippen LogP contribution in [0.25, 0.3) is 10.7 Å². The molecule has 176 valence electrons. The molecule has 0 saturated carbocycles. The van der Waals surface area contributed by atoms with E-state index in [1.165, 1.54) is 16.4 Å². The molecule has 1 aliphatic heterocycles. The first-order chi connectivity index (χ1) is 15.8. The van der Waals surface area contributed by atoms with Gasteiger partial charge < -0.3 is 9.42 Å². The minimum Gasteiger partial charge on any atom is -0.338 e. The lowest BCUT2D eigenvalue weighted by Crippen LogP contribution is -2.48. The first-order valence-corrected chi connectivity index (χ1v) is 13.0. The first-order valence-electron chi connectivity index (χ1n) is 10.7. The van der Waals surface area contributed by atoms with Crippen LogP contribution in [-0.2, 0) is 16.6 Å². The van der Waals surface area contributed by atoms with E-state index in [2.05, 4.69) is 15.0 Å². The van der Waals surface area contributed by atoms with Crippen molar-refractivity contribution in [2.75, 3.05) is 33.2 Å². The fourth-order valence-electron chi connectivity index (χ4n) is 3.54. The predicted octanol–water partition coefficient (Wildman–Crippen LogP) is 2.79. The fourth-order valence-corrected chi connectivity index (χ4v) is 5.60. The van der Waals surface area contributed by atoms with Gasteiger partial charge >= 0.3 is 0 Å². The summed E-state index contributed by atoms with van der Waals surface area (Å²) in [5.74, 6) is 0.966. The summed E-state index contributed by atoms with van der Waals surface area (Å²) >= 11 is 1.56. The maximum absolute atomic E-state index is 13.0. The van der Waals surface area contributed by atoms with Crippen molar-refractivity contribution in [1.82, 2.24) is 24.2 Å². The quantitative estimate of drug-likeness (QED) is 0.503. The number of amides is 1. The van der Waals surface area contributed by atoms with Crippen LogP contribution in [0.15, 0.2) is 51.2 Å². The Bertz CT molecular complexity index is 1200. The smallest absolute Gasteiger partial charge is 0.253 e. The van der Waals surface area contributed by atoms with E-state index in [9.17, 15) is 13.2 Å². The second-order valence-corrected chi connectivity index (χ2v) is 11.1. The second-order valence-electron chi connectivity index (χ2n) is 8.20. The second kappa shape index (κ2) is 9.72. The average Bonchev–Trinajstić information content (AvgIpc) is 3.51. The Labute approximate surface area is 197 Å². The van der Waals surface area contributed by atoms with Gasteiger partial charge in [-0.25, -0.2) is 8.42 Å². The molecule has 0 radical (unpaired) electrons. The topological polar surface area (TPSA) is 99.9 Å². The molecular formula is C22H27N5O4S2. The highest BCUT2D eigenvalue weighted by Gasteiger charge is 2.27. The van der Waals surface area contributed by atoms with E-state index in [1.54, 1.807) is 35.4 Å². The molecule has 0 atom stereocenters. The molecule has 11 heteroatoms. The minimum absolute atomic E-state index is 0.126. The minimum atomic E-state index is -3.65. The molecule has 0 unspecified atom stereocenters. The molecular weight excluding hydrogens is 462 g/mol. The summed E-state index contributed by atoms with van der Waals surface area (Å²) in [5.41, 5.74) is 0.374. The molecule has 3 heterocycles. The normalized spacial score (nSPS) is 15.5. The molecule has 33 heavy (non-hydrogen) atoms. The number of hydrogen-bond donors (Lipinski definition) is 0. The van der Waals surface area contributed by atoms with Gasteiger partial charge in [-0.3, -0.25) is 9.69 Å². The van der Waals surface area contributed by atoms with E-state index in [0.717, 1.165) is 4.88 Å². The third kappa shape index (κ3) is 5.16. The van der Waals surface area contributed by atoms with Crippen molar-refractivity contribution in [2.45, 2.75) is 31.3 Å². The van der Waals surface area contributed by atoms with E-state index < -0.39 is 10.0 Å². The highest BCUT2D eigenvalue weighted by molar-refractivity contribution is 7.89. The van der Waals surface area contributed by atoms with Crippen LogP contribution in [0.4, 0.5) is 0 Å². The molecule has 1 aliphatic rings. The molecule has 3 aromatic rings. The van der Waals surface area contributed by atoms with Gasteiger partial charge in [-0.15, -0.1) is 11.3 Å². The van der Waals surface area contributed by atoms with E-state index in [1.807, 2.05) is 31.4 Å². The number of carbonyl (C=O) groups excluding carboxylic acids is 1. The Morgan fingerprint density at radius 2 is 1.94 bits per heavy atom. The van der Waals surface area contributed by atoms with Crippen LogP contribution in [0.2, 0.25) is 0 Å². The SMILES string of the molecule is CC(C)N(C)S(=O)(=O)c1cccc(C(=O)N2CCN(Cc3nc(-c4cccs4)no3)CC2)c1. The van der Waals surface area contributed by atoms with Crippen LogP contribution in [0.1, 0.15) is 30.1 Å². The predicted molar refractivity (Wildman–Crippen MR) is 125 cm³/mol. The van der Waals surface area contributed by atoms with Crippen molar-refractivity contribution in [3.05, 3.63) is 53.2 Å². The van der Waals surface area contributed by atoms with E-state index in [-0.39, 0.29) is 16.8 Å². The van der Waals surface area contributed by atoms with Crippen molar-refractivity contribution in [3.8, 4) is 10.7 Å². The standard InChI is InChI=1S/C22H27N5O4S2/c1-16(2)25(3)33(29,30)18-7-4-6-17(14-18)22(28)27-11-9-26(10-12-27)15-20-23-21(24-31-20)19-8-5-13-32-19/h4-8,13-14,16H,9-12,15H2,1-3H3. The molecule has 4 rings (SSSR count). The van der Waals surface area contributed by atoms with Gasteiger partial charge in [-0.1, -0.05) is 17.3 Å². The largest absolute Gasteiger partial charge is 0.338 e. The zero-order valence-corrected chi connectivity index (χ0v) is 20.5. The monoisotopic (exact) mass is 489 g/mol. The molecule has 1 saturated heterocycles. The molecule has 0 spiro atoms. The van der Waals surface area contributed by atoms with Gasteiger partial charge in [0.25, 0.3) is 5.91 Å². The van der Waals surface area contributed by atoms with Crippen LogP contribution < -0.4 is 0 Å². The van der Waals surface area contributed by atoms with Crippen molar-refractivity contribution < 1.29 is 17.7 Å². The molecule has 0 aliphatic carbocycles. The zero-order chi connectivity index (χ0) is 23.6.